The second-order valence-electron chi connectivity index (χ2n) is 5.13. The predicted octanol–water partition coefficient (Wildman–Crippen LogP) is 1.70. The number of likely N-dealkylation sites (tertiary alicyclic amines) is 1. The number of nitrogens with two attached hydrogens (primary N) is 1. The molecule has 0 saturated carbocycles. The molecule has 1 unspecified atom stereocenters. The van der Waals surface area contributed by atoms with E-state index < -0.39 is 6.03 Å². The summed E-state index contributed by atoms with van der Waals surface area (Å²) in [5, 5.41) is 0. The zero-order valence-electron chi connectivity index (χ0n) is 11.8. The van der Waals surface area contributed by atoms with Crippen LogP contribution >= 0.6 is 0 Å². The number of benzene rings is 1. The molecule has 0 aromatic heterocycles. The van der Waals surface area contributed by atoms with E-state index in [1.54, 1.807) is 18.2 Å². The number of rotatable bonds is 4. The van der Waals surface area contributed by atoms with Gasteiger partial charge in [-0.25, -0.2) is 9.18 Å². The summed E-state index contributed by atoms with van der Waals surface area (Å²) >= 11 is 0. The number of carbonyl (C=O) groups is 2. The molecule has 2 rings (SSSR count). The van der Waals surface area contributed by atoms with Crippen molar-refractivity contribution in [3.05, 3.63) is 35.6 Å². The molecule has 1 heterocycles. The maximum Gasteiger partial charge on any atom is 0.314 e. The number of urea groups is 1. The first-order valence-electron chi connectivity index (χ1n) is 7.02. The van der Waals surface area contributed by atoms with Crippen molar-refractivity contribution in [1.82, 2.24) is 4.90 Å². The lowest BCUT2D eigenvalue weighted by atomic mass is 9.98. The lowest BCUT2D eigenvalue weighted by Gasteiger charge is -2.30. The zero-order chi connectivity index (χ0) is 15.2. The Morgan fingerprint density at radius 3 is 2.86 bits per heavy atom. The van der Waals surface area contributed by atoms with Gasteiger partial charge in [-0.15, -0.1) is 0 Å². The van der Waals surface area contributed by atoms with E-state index >= 15 is 0 Å². The molecule has 2 N–H and O–H groups in total. The van der Waals surface area contributed by atoms with Gasteiger partial charge in [0.1, 0.15) is 5.82 Å². The molecule has 1 atom stereocenters. The van der Waals surface area contributed by atoms with Gasteiger partial charge < -0.3 is 15.4 Å². The average molecular weight is 294 g/mol. The smallest absolute Gasteiger partial charge is 0.314 e. The van der Waals surface area contributed by atoms with Gasteiger partial charge in [-0.05, 0) is 24.5 Å². The highest BCUT2D eigenvalue weighted by Crippen LogP contribution is 2.18. The summed E-state index contributed by atoms with van der Waals surface area (Å²) in [6.07, 6.45) is 1.75. The average Bonchev–Trinajstić information content (AvgIpc) is 2.49. The lowest BCUT2D eigenvalue weighted by molar-refractivity contribution is -0.149. The molecule has 1 fully saturated rings. The van der Waals surface area contributed by atoms with Crippen LogP contribution in [0.2, 0.25) is 0 Å². The number of nitrogens with zero attached hydrogens (tertiary/aromatic N) is 1. The molecule has 5 nitrogen and oxygen atoms in total. The summed E-state index contributed by atoms with van der Waals surface area (Å²) in [6.45, 7) is 1.01. The van der Waals surface area contributed by atoms with Gasteiger partial charge in [-0.2, -0.15) is 0 Å². The molecule has 1 aliphatic heterocycles. The van der Waals surface area contributed by atoms with Gasteiger partial charge in [0.05, 0.1) is 12.5 Å². The van der Waals surface area contributed by atoms with Crippen molar-refractivity contribution in [1.29, 1.82) is 0 Å². The van der Waals surface area contributed by atoms with E-state index in [9.17, 15) is 14.0 Å². The molecule has 1 aliphatic rings. The van der Waals surface area contributed by atoms with Crippen LogP contribution in [0.3, 0.4) is 0 Å². The highest BCUT2D eigenvalue weighted by Gasteiger charge is 2.28. The first kappa shape index (κ1) is 15.3. The Morgan fingerprint density at radius 2 is 2.14 bits per heavy atom. The lowest BCUT2D eigenvalue weighted by Crippen LogP contribution is -2.45. The van der Waals surface area contributed by atoms with Crippen molar-refractivity contribution in [3.63, 3.8) is 0 Å². The summed E-state index contributed by atoms with van der Waals surface area (Å²) in [4.78, 5) is 24.5. The Morgan fingerprint density at radius 1 is 1.38 bits per heavy atom. The monoisotopic (exact) mass is 294 g/mol. The second kappa shape index (κ2) is 7.06. The number of ether oxygens (including phenoxy) is 1. The predicted molar refractivity (Wildman–Crippen MR) is 74.9 cm³/mol. The molecule has 1 aromatic rings. The first-order valence-corrected chi connectivity index (χ1v) is 7.02. The van der Waals surface area contributed by atoms with Crippen LogP contribution in [0.15, 0.2) is 24.3 Å². The normalized spacial score (nSPS) is 18.3. The number of piperidine rings is 1. The summed E-state index contributed by atoms with van der Waals surface area (Å²) in [7, 11) is 0. The molecule has 0 aliphatic carbocycles. The zero-order valence-corrected chi connectivity index (χ0v) is 11.8. The fourth-order valence-corrected chi connectivity index (χ4v) is 2.45. The number of primary amides is 1. The standard InChI is InChI=1S/C15H19FN2O3/c16-13-6-2-1-4-11(13)7-9-21-14(19)12-5-3-8-18(10-12)15(17)20/h1-2,4,6,12H,3,5,7-10H2,(H2,17,20). The van der Waals surface area contributed by atoms with Crippen LogP contribution in [-0.4, -0.2) is 36.6 Å². The summed E-state index contributed by atoms with van der Waals surface area (Å²) in [5.41, 5.74) is 5.74. The molecule has 2 amide bonds. The molecular formula is C15H19FN2O3. The van der Waals surface area contributed by atoms with E-state index in [1.807, 2.05) is 0 Å². The van der Waals surface area contributed by atoms with Crippen LogP contribution in [0.1, 0.15) is 18.4 Å². The van der Waals surface area contributed by atoms with E-state index in [2.05, 4.69) is 0 Å². The van der Waals surface area contributed by atoms with Gasteiger partial charge in [-0.1, -0.05) is 18.2 Å². The summed E-state index contributed by atoms with van der Waals surface area (Å²) < 4.78 is 18.6. The minimum absolute atomic E-state index is 0.132. The number of halogens is 1. The Balaban J connectivity index is 1.79. The fraction of sp³-hybridized carbons (Fsp3) is 0.467. The quantitative estimate of drug-likeness (QED) is 0.859. The van der Waals surface area contributed by atoms with E-state index in [1.165, 1.54) is 11.0 Å². The van der Waals surface area contributed by atoms with E-state index in [0.717, 1.165) is 6.42 Å². The molecule has 1 saturated heterocycles. The number of carbonyl (C=O) groups excluding carboxylic acids is 2. The summed E-state index contributed by atoms with van der Waals surface area (Å²) in [6, 6.07) is 5.89. The SMILES string of the molecule is NC(=O)N1CCCC(C(=O)OCCc2ccccc2F)C1. The number of hydrogen-bond acceptors (Lipinski definition) is 3. The van der Waals surface area contributed by atoms with Gasteiger partial charge in [0.15, 0.2) is 0 Å². The van der Waals surface area contributed by atoms with Gasteiger partial charge >= 0.3 is 12.0 Å². The molecule has 6 heteroatoms. The maximum atomic E-state index is 13.4. The number of esters is 1. The summed E-state index contributed by atoms with van der Waals surface area (Å²) in [5.74, 6) is -0.990. The van der Waals surface area contributed by atoms with Crippen LogP contribution in [0.5, 0.6) is 0 Å². The third kappa shape index (κ3) is 4.18. The largest absolute Gasteiger partial charge is 0.465 e. The third-order valence-electron chi connectivity index (χ3n) is 3.64. The van der Waals surface area contributed by atoms with Crippen LogP contribution < -0.4 is 5.73 Å². The van der Waals surface area contributed by atoms with E-state index in [-0.39, 0.29) is 24.3 Å². The van der Waals surface area contributed by atoms with E-state index in [0.29, 0.717) is 31.5 Å². The van der Waals surface area contributed by atoms with Crippen molar-refractivity contribution in [2.45, 2.75) is 19.3 Å². The highest BCUT2D eigenvalue weighted by atomic mass is 19.1. The molecule has 1 aromatic carbocycles. The Hall–Kier alpha value is -2.11. The molecular weight excluding hydrogens is 275 g/mol. The fourth-order valence-electron chi connectivity index (χ4n) is 2.45. The Bertz CT molecular complexity index is 521. The topological polar surface area (TPSA) is 72.6 Å². The molecule has 0 bridgehead atoms. The molecule has 21 heavy (non-hydrogen) atoms. The first-order chi connectivity index (χ1) is 10.1. The third-order valence-corrected chi connectivity index (χ3v) is 3.64. The molecule has 114 valence electrons. The van der Waals surface area contributed by atoms with Crippen molar-refractivity contribution in [3.8, 4) is 0 Å². The molecule has 0 spiro atoms. The molecule has 0 radical (unpaired) electrons. The van der Waals surface area contributed by atoms with Crippen LogP contribution in [0.25, 0.3) is 0 Å². The van der Waals surface area contributed by atoms with Crippen molar-refractivity contribution in [2.75, 3.05) is 19.7 Å². The van der Waals surface area contributed by atoms with Crippen molar-refractivity contribution < 1.29 is 18.7 Å². The van der Waals surface area contributed by atoms with Gasteiger partial charge in [0.2, 0.25) is 0 Å². The Labute approximate surface area is 122 Å². The highest BCUT2D eigenvalue weighted by molar-refractivity contribution is 5.76. The maximum absolute atomic E-state index is 13.4. The number of amides is 2. The number of hydrogen-bond donors (Lipinski definition) is 1. The van der Waals surface area contributed by atoms with Crippen LogP contribution in [0, 0.1) is 11.7 Å². The van der Waals surface area contributed by atoms with Gasteiger partial charge in [0.25, 0.3) is 0 Å². The van der Waals surface area contributed by atoms with Gasteiger partial charge in [0, 0.05) is 19.5 Å². The minimum Gasteiger partial charge on any atom is -0.465 e. The van der Waals surface area contributed by atoms with Crippen molar-refractivity contribution >= 4 is 12.0 Å². The van der Waals surface area contributed by atoms with E-state index in [4.69, 9.17) is 10.5 Å². The van der Waals surface area contributed by atoms with Crippen LogP contribution in [-0.2, 0) is 16.0 Å². The van der Waals surface area contributed by atoms with Crippen molar-refractivity contribution in [2.24, 2.45) is 11.7 Å². The second-order valence-corrected chi connectivity index (χ2v) is 5.13. The van der Waals surface area contributed by atoms with Crippen LogP contribution in [0.4, 0.5) is 9.18 Å². The Kier molecular flexibility index (Phi) is 5.14. The minimum atomic E-state index is -0.515. The van der Waals surface area contributed by atoms with Gasteiger partial charge in [-0.3, -0.25) is 4.79 Å².